The van der Waals surface area contributed by atoms with Crippen molar-refractivity contribution in [2.24, 2.45) is 4.99 Å². The van der Waals surface area contributed by atoms with Crippen LogP contribution < -0.4 is 10.6 Å². The maximum atomic E-state index is 13.7. The molecular formula is C20H33FN4O2. The molecular weight excluding hydrogens is 347 g/mol. The van der Waals surface area contributed by atoms with Gasteiger partial charge >= 0.3 is 0 Å². The number of benzene rings is 1. The molecule has 0 aliphatic carbocycles. The van der Waals surface area contributed by atoms with Gasteiger partial charge in [0.25, 0.3) is 0 Å². The molecule has 152 valence electrons. The van der Waals surface area contributed by atoms with E-state index in [1.54, 1.807) is 20.3 Å². The number of nitrogens with one attached hydrogen (secondary N) is 2. The van der Waals surface area contributed by atoms with Gasteiger partial charge in [-0.05, 0) is 37.5 Å². The van der Waals surface area contributed by atoms with Crippen molar-refractivity contribution in [2.75, 3.05) is 47.0 Å². The number of hydrogen-bond acceptors (Lipinski definition) is 4. The van der Waals surface area contributed by atoms with Gasteiger partial charge in [-0.3, -0.25) is 0 Å². The molecule has 0 atom stereocenters. The van der Waals surface area contributed by atoms with E-state index in [-0.39, 0.29) is 12.4 Å². The highest BCUT2D eigenvalue weighted by Crippen LogP contribution is 2.13. The van der Waals surface area contributed by atoms with Crippen LogP contribution in [0.3, 0.4) is 0 Å². The zero-order valence-corrected chi connectivity index (χ0v) is 16.8. The third kappa shape index (κ3) is 7.44. The monoisotopic (exact) mass is 380 g/mol. The molecule has 1 aliphatic rings. The second kappa shape index (κ2) is 11.9. The highest BCUT2D eigenvalue weighted by Gasteiger charge is 2.19. The highest BCUT2D eigenvalue weighted by molar-refractivity contribution is 5.80. The Morgan fingerprint density at radius 2 is 2.04 bits per heavy atom. The summed E-state index contributed by atoms with van der Waals surface area (Å²) in [5.74, 6) is 0.570. The molecule has 1 aromatic carbocycles. The molecule has 27 heavy (non-hydrogen) atoms. The lowest BCUT2D eigenvalue weighted by atomic mass is 10.1. The molecule has 1 aliphatic heterocycles. The number of hydrogen-bond donors (Lipinski definition) is 2. The van der Waals surface area contributed by atoms with Gasteiger partial charge in [-0.1, -0.05) is 6.07 Å². The lowest BCUT2D eigenvalue weighted by Crippen LogP contribution is -2.49. The zero-order chi connectivity index (χ0) is 19.5. The van der Waals surface area contributed by atoms with Crippen molar-refractivity contribution in [3.8, 4) is 0 Å². The average Bonchev–Trinajstić information content (AvgIpc) is 2.68. The van der Waals surface area contributed by atoms with Crippen LogP contribution in [0.1, 0.15) is 30.9 Å². The Balaban J connectivity index is 1.90. The van der Waals surface area contributed by atoms with E-state index in [0.29, 0.717) is 18.2 Å². The van der Waals surface area contributed by atoms with E-state index < -0.39 is 0 Å². The fourth-order valence-corrected chi connectivity index (χ4v) is 3.20. The van der Waals surface area contributed by atoms with Crippen molar-refractivity contribution >= 4 is 5.96 Å². The van der Waals surface area contributed by atoms with E-state index in [9.17, 15) is 4.39 Å². The molecule has 1 aromatic rings. The van der Waals surface area contributed by atoms with E-state index in [4.69, 9.17) is 9.47 Å². The number of likely N-dealkylation sites (tertiary alicyclic amines) is 1. The first-order valence-corrected chi connectivity index (χ1v) is 9.68. The average molecular weight is 381 g/mol. The minimum Gasteiger partial charge on any atom is -0.383 e. The Kier molecular flexibility index (Phi) is 9.52. The summed E-state index contributed by atoms with van der Waals surface area (Å²) in [7, 11) is 3.31. The quantitative estimate of drug-likeness (QED) is 0.508. The van der Waals surface area contributed by atoms with Gasteiger partial charge < -0.3 is 25.0 Å². The minimum absolute atomic E-state index is 0.241. The Morgan fingerprint density at radius 3 is 2.70 bits per heavy atom. The first-order valence-electron chi connectivity index (χ1n) is 9.68. The number of piperidine rings is 1. The van der Waals surface area contributed by atoms with E-state index in [1.807, 2.05) is 6.07 Å². The third-order valence-electron chi connectivity index (χ3n) is 4.71. The van der Waals surface area contributed by atoms with Crippen molar-refractivity contribution in [1.29, 1.82) is 0 Å². The molecule has 0 radical (unpaired) electrons. The van der Waals surface area contributed by atoms with Gasteiger partial charge in [0.05, 0.1) is 19.8 Å². The Morgan fingerprint density at radius 1 is 1.26 bits per heavy atom. The van der Waals surface area contributed by atoms with Crippen molar-refractivity contribution < 1.29 is 13.9 Å². The molecule has 1 heterocycles. The smallest absolute Gasteiger partial charge is 0.191 e. The summed E-state index contributed by atoms with van der Waals surface area (Å²) < 4.78 is 23.9. The largest absolute Gasteiger partial charge is 0.383 e. The van der Waals surface area contributed by atoms with Crippen molar-refractivity contribution in [2.45, 2.75) is 39.0 Å². The Bertz CT molecular complexity index is 589. The summed E-state index contributed by atoms with van der Waals surface area (Å²) in [6.07, 6.45) is 2.17. The summed E-state index contributed by atoms with van der Waals surface area (Å²) in [4.78, 5) is 7.11. The summed E-state index contributed by atoms with van der Waals surface area (Å²) in [5.41, 5.74) is 1.53. The van der Waals surface area contributed by atoms with Crippen LogP contribution in [-0.4, -0.2) is 63.9 Å². The van der Waals surface area contributed by atoms with Crippen LogP contribution in [-0.2, 0) is 22.6 Å². The third-order valence-corrected chi connectivity index (χ3v) is 4.71. The molecule has 0 unspecified atom stereocenters. The molecule has 0 amide bonds. The number of nitrogens with zero attached hydrogens (tertiary/aromatic N) is 2. The van der Waals surface area contributed by atoms with E-state index in [2.05, 4.69) is 27.4 Å². The summed E-state index contributed by atoms with van der Waals surface area (Å²) in [6.45, 7) is 7.53. The molecule has 7 heteroatoms. The highest BCUT2D eigenvalue weighted by atomic mass is 19.1. The molecule has 0 saturated carbocycles. The van der Waals surface area contributed by atoms with E-state index in [1.165, 1.54) is 6.07 Å². The van der Waals surface area contributed by atoms with Crippen LogP contribution in [0.4, 0.5) is 4.39 Å². The van der Waals surface area contributed by atoms with Crippen molar-refractivity contribution in [1.82, 2.24) is 15.5 Å². The number of ether oxygens (including phenoxy) is 2. The van der Waals surface area contributed by atoms with E-state index >= 15 is 0 Å². The first-order chi connectivity index (χ1) is 13.2. The number of rotatable bonds is 9. The second-order valence-electron chi connectivity index (χ2n) is 6.81. The standard InChI is InChI=1S/C20H33FN4O2/c1-4-22-20(24-18-7-9-25(10-8-18)11-12-26-2)23-14-16-5-6-19(21)17(13-16)15-27-3/h5-6,13,18H,4,7-12,14-15H2,1-3H3,(H2,22,23,24). The van der Waals surface area contributed by atoms with Crippen molar-refractivity contribution in [3.05, 3.63) is 35.1 Å². The maximum absolute atomic E-state index is 13.7. The van der Waals surface area contributed by atoms with Gasteiger partial charge in [0.15, 0.2) is 5.96 Å². The van der Waals surface area contributed by atoms with Gasteiger partial charge in [-0.2, -0.15) is 0 Å². The Labute approximate surface area is 162 Å². The lowest BCUT2D eigenvalue weighted by molar-refractivity contribution is 0.128. The normalized spacial score (nSPS) is 16.5. The molecule has 0 spiro atoms. The van der Waals surface area contributed by atoms with Crippen molar-refractivity contribution in [3.63, 3.8) is 0 Å². The van der Waals surface area contributed by atoms with Crippen LogP contribution in [0.15, 0.2) is 23.2 Å². The molecule has 0 aromatic heterocycles. The van der Waals surface area contributed by atoms with Crippen LogP contribution in [0.2, 0.25) is 0 Å². The SMILES string of the molecule is CCNC(=NCc1ccc(F)c(COC)c1)NC1CCN(CCOC)CC1. The maximum Gasteiger partial charge on any atom is 0.191 e. The molecule has 2 N–H and O–H groups in total. The number of aliphatic imine (C=N–C) groups is 1. The van der Waals surface area contributed by atoms with Crippen LogP contribution >= 0.6 is 0 Å². The topological polar surface area (TPSA) is 58.1 Å². The number of guanidine groups is 1. The fourth-order valence-electron chi connectivity index (χ4n) is 3.20. The van der Waals surface area contributed by atoms with Gasteiger partial charge in [-0.25, -0.2) is 9.38 Å². The predicted molar refractivity (Wildman–Crippen MR) is 106 cm³/mol. The molecule has 2 rings (SSSR count). The van der Waals surface area contributed by atoms with Crippen LogP contribution in [0.5, 0.6) is 0 Å². The van der Waals surface area contributed by atoms with Gasteiger partial charge in [0.2, 0.25) is 0 Å². The molecule has 6 nitrogen and oxygen atoms in total. The fraction of sp³-hybridized carbons (Fsp3) is 0.650. The van der Waals surface area contributed by atoms with Gasteiger partial charge in [0, 0.05) is 52.0 Å². The van der Waals surface area contributed by atoms with Crippen LogP contribution in [0.25, 0.3) is 0 Å². The minimum atomic E-state index is -0.241. The second-order valence-corrected chi connectivity index (χ2v) is 6.81. The number of methoxy groups -OCH3 is 2. The molecule has 1 saturated heterocycles. The molecule has 0 bridgehead atoms. The predicted octanol–water partition coefficient (Wildman–Crippen LogP) is 2.14. The van der Waals surface area contributed by atoms with Gasteiger partial charge in [0.1, 0.15) is 5.82 Å². The summed E-state index contributed by atoms with van der Waals surface area (Å²) >= 11 is 0. The Hall–Kier alpha value is -1.70. The summed E-state index contributed by atoms with van der Waals surface area (Å²) in [5, 5.41) is 6.84. The summed E-state index contributed by atoms with van der Waals surface area (Å²) in [6, 6.07) is 5.49. The van der Waals surface area contributed by atoms with E-state index in [0.717, 1.165) is 57.2 Å². The first kappa shape index (κ1) is 21.6. The lowest BCUT2D eigenvalue weighted by Gasteiger charge is -2.32. The van der Waals surface area contributed by atoms with Crippen LogP contribution in [0, 0.1) is 5.82 Å². The number of halogens is 1. The van der Waals surface area contributed by atoms with Gasteiger partial charge in [-0.15, -0.1) is 0 Å². The molecule has 1 fully saturated rings. The zero-order valence-electron chi connectivity index (χ0n) is 16.8.